The van der Waals surface area contributed by atoms with E-state index in [1.54, 1.807) is 11.3 Å². The molecule has 1 fully saturated rings. The molecule has 4 nitrogen and oxygen atoms in total. The fraction of sp³-hybridized carbons (Fsp3) is 0.481. The second-order valence-electron chi connectivity index (χ2n) is 9.25. The SMILES string of the molecule is CN(CCCCN1CCNC(C(F)(F)F)C1)CCC(Oc1cccc2ccccc12)c1cccs1. The average molecular weight is 506 g/mol. The van der Waals surface area contributed by atoms with Crippen molar-refractivity contribution in [2.45, 2.75) is 37.6 Å². The Morgan fingerprint density at radius 2 is 1.91 bits per heavy atom. The molecule has 1 aliphatic rings. The van der Waals surface area contributed by atoms with E-state index >= 15 is 0 Å². The molecule has 35 heavy (non-hydrogen) atoms. The monoisotopic (exact) mass is 505 g/mol. The van der Waals surface area contributed by atoms with Gasteiger partial charge in [0.15, 0.2) is 0 Å². The Kier molecular flexibility index (Phi) is 9.05. The lowest BCUT2D eigenvalue weighted by Gasteiger charge is -2.34. The summed E-state index contributed by atoms with van der Waals surface area (Å²) in [4.78, 5) is 5.44. The number of fused-ring (bicyclic) bond motifs is 1. The van der Waals surface area contributed by atoms with Crippen molar-refractivity contribution in [3.05, 3.63) is 64.9 Å². The van der Waals surface area contributed by atoms with Crippen molar-refractivity contribution in [1.29, 1.82) is 0 Å². The maximum Gasteiger partial charge on any atom is 0.405 e. The molecular formula is C27H34F3N3OS. The van der Waals surface area contributed by atoms with Crippen LogP contribution in [0, 0.1) is 0 Å². The molecule has 0 aliphatic carbocycles. The lowest BCUT2D eigenvalue weighted by Crippen LogP contribution is -2.57. The molecule has 1 aliphatic heterocycles. The van der Waals surface area contributed by atoms with E-state index in [4.69, 9.17) is 4.74 Å². The fourth-order valence-corrected chi connectivity index (χ4v) is 5.37. The summed E-state index contributed by atoms with van der Waals surface area (Å²) in [5.41, 5.74) is 0. The van der Waals surface area contributed by atoms with Crippen molar-refractivity contribution >= 4 is 22.1 Å². The normalized spacial score (nSPS) is 18.3. The van der Waals surface area contributed by atoms with Crippen molar-refractivity contribution in [2.75, 3.05) is 46.3 Å². The van der Waals surface area contributed by atoms with Crippen LogP contribution in [-0.4, -0.2) is 68.3 Å². The van der Waals surface area contributed by atoms with Gasteiger partial charge in [0.2, 0.25) is 0 Å². The Morgan fingerprint density at radius 1 is 1.09 bits per heavy atom. The van der Waals surface area contributed by atoms with Gasteiger partial charge < -0.3 is 19.9 Å². The molecule has 0 bridgehead atoms. The van der Waals surface area contributed by atoms with Gasteiger partial charge >= 0.3 is 6.18 Å². The van der Waals surface area contributed by atoms with Crippen LogP contribution in [0.5, 0.6) is 5.75 Å². The smallest absolute Gasteiger partial charge is 0.405 e. The van der Waals surface area contributed by atoms with Gasteiger partial charge in [-0.1, -0.05) is 42.5 Å². The highest BCUT2D eigenvalue weighted by molar-refractivity contribution is 7.10. The molecule has 0 saturated carbocycles. The van der Waals surface area contributed by atoms with E-state index in [-0.39, 0.29) is 12.6 Å². The summed E-state index contributed by atoms with van der Waals surface area (Å²) < 4.78 is 45.5. The largest absolute Gasteiger partial charge is 0.484 e. The summed E-state index contributed by atoms with van der Waals surface area (Å²) in [5, 5.41) is 6.94. The lowest BCUT2D eigenvalue weighted by molar-refractivity contribution is -0.164. The summed E-state index contributed by atoms with van der Waals surface area (Å²) in [5.74, 6) is 0.900. The molecule has 3 aromatic rings. The first-order valence-corrected chi connectivity index (χ1v) is 13.2. The Morgan fingerprint density at radius 3 is 2.71 bits per heavy atom. The van der Waals surface area contributed by atoms with Crippen molar-refractivity contribution in [1.82, 2.24) is 15.1 Å². The van der Waals surface area contributed by atoms with E-state index in [1.165, 1.54) is 4.88 Å². The van der Waals surface area contributed by atoms with E-state index in [0.717, 1.165) is 48.9 Å². The zero-order valence-electron chi connectivity index (χ0n) is 20.1. The molecule has 8 heteroatoms. The van der Waals surface area contributed by atoms with Crippen LogP contribution in [-0.2, 0) is 0 Å². The predicted octanol–water partition coefficient (Wildman–Crippen LogP) is 5.96. The minimum Gasteiger partial charge on any atom is -0.484 e. The zero-order chi connectivity index (χ0) is 24.7. The second-order valence-corrected chi connectivity index (χ2v) is 10.2. The van der Waals surface area contributed by atoms with Crippen LogP contribution in [0.4, 0.5) is 13.2 Å². The molecule has 0 amide bonds. The number of benzene rings is 2. The Bertz CT molecular complexity index is 1040. The van der Waals surface area contributed by atoms with Crippen LogP contribution >= 0.6 is 11.3 Å². The quantitative estimate of drug-likeness (QED) is 0.326. The highest BCUT2D eigenvalue weighted by Gasteiger charge is 2.41. The topological polar surface area (TPSA) is 27.7 Å². The van der Waals surface area contributed by atoms with E-state index < -0.39 is 12.2 Å². The van der Waals surface area contributed by atoms with Crippen LogP contribution in [0.2, 0.25) is 0 Å². The van der Waals surface area contributed by atoms with Gasteiger partial charge in [-0.2, -0.15) is 13.2 Å². The van der Waals surface area contributed by atoms with Gasteiger partial charge in [-0.3, -0.25) is 0 Å². The number of nitrogens with one attached hydrogen (secondary N) is 1. The standard InChI is InChI=1S/C27H34F3N3OS/c1-32(15-4-5-16-33-18-14-31-26(20-33)27(28,29)30)17-13-24(25-12-7-19-35-25)34-23-11-6-9-21-8-2-3-10-22(21)23/h2-3,6-12,19,24,26,31H,4-5,13-18,20H2,1H3. The highest BCUT2D eigenvalue weighted by atomic mass is 32.1. The van der Waals surface area contributed by atoms with Gasteiger partial charge in [0.05, 0.1) is 0 Å². The van der Waals surface area contributed by atoms with E-state index in [1.807, 2.05) is 29.2 Å². The molecule has 2 aromatic carbocycles. The number of nitrogens with zero attached hydrogens (tertiary/aromatic N) is 2. The Hall–Kier alpha value is -2.13. The third kappa shape index (κ3) is 7.43. The van der Waals surface area contributed by atoms with Gasteiger partial charge in [0.1, 0.15) is 17.9 Å². The number of thiophene rings is 1. The van der Waals surface area contributed by atoms with Crippen LogP contribution in [0.3, 0.4) is 0 Å². The van der Waals surface area contributed by atoms with Crippen molar-refractivity contribution < 1.29 is 17.9 Å². The summed E-state index contributed by atoms with van der Waals surface area (Å²) in [6.45, 7) is 3.64. The molecule has 2 atom stereocenters. The van der Waals surface area contributed by atoms with Crippen molar-refractivity contribution in [2.24, 2.45) is 0 Å². The van der Waals surface area contributed by atoms with Gasteiger partial charge in [-0.25, -0.2) is 0 Å². The lowest BCUT2D eigenvalue weighted by atomic mass is 10.1. The van der Waals surface area contributed by atoms with Crippen molar-refractivity contribution in [3.63, 3.8) is 0 Å². The first-order valence-electron chi connectivity index (χ1n) is 12.3. The number of hydrogen-bond acceptors (Lipinski definition) is 5. The number of halogens is 3. The van der Waals surface area contributed by atoms with Crippen LogP contribution in [0.25, 0.3) is 10.8 Å². The summed E-state index contributed by atoms with van der Waals surface area (Å²) in [6, 6.07) is 17.2. The molecule has 190 valence electrons. The zero-order valence-corrected chi connectivity index (χ0v) is 21.0. The van der Waals surface area contributed by atoms with E-state index in [0.29, 0.717) is 19.6 Å². The second kappa shape index (κ2) is 12.2. The van der Waals surface area contributed by atoms with Gasteiger partial charge in [0, 0.05) is 42.9 Å². The number of piperazine rings is 1. The molecule has 2 heterocycles. The molecule has 4 rings (SSSR count). The molecule has 0 spiro atoms. The fourth-order valence-electron chi connectivity index (χ4n) is 4.59. The van der Waals surface area contributed by atoms with Crippen LogP contribution in [0.15, 0.2) is 60.0 Å². The van der Waals surface area contributed by atoms with Gasteiger partial charge in [0.25, 0.3) is 0 Å². The van der Waals surface area contributed by atoms with Crippen LogP contribution < -0.4 is 10.1 Å². The number of unbranched alkanes of at least 4 members (excludes halogenated alkanes) is 1. The number of alkyl halides is 3. The number of rotatable bonds is 11. The number of hydrogen-bond donors (Lipinski definition) is 1. The molecule has 1 N–H and O–H groups in total. The third-order valence-electron chi connectivity index (χ3n) is 6.57. The highest BCUT2D eigenvalue weighted by Crippen LogP contribution is 2.33. The van der Waals surface area contributed by atoms with E-state index in [9.17, 15) is 13.2 Å². The molecular weight excluding hydrogens is 471 g/mol. The Balaban J connectivity index is 1.25. The summed E-state index contributed by atoms with van der Waals surface area (Å²) in [7, 11) is 2.11. The molecule has 2 unspecified atom stereocenters. The minimum atomic E-state index is -4.17. The number of ether oxygens (including phenoxy) is 1. The summed E-state index contributed by atoms with van der Waals surface area (Å²) >= 11 is 1.71. The third-order valence-corrected chi connectivity index (χ3v) is 7.54. The van der Waals surface area contributed by atoms with Crippen molar-refractivity contribution in [3.8, 4) is 5.75 Å². The first-order chi connectivity index (χ1) is 16.9. The van der Waals surface area contributed by atoms with Gasteiger partial charge in [-0.05, 0) is 55.9 Å². The predicted molar refractivity (Wildman–Crippen MR) is 137 cm³/mol. The molecule has 0 radical (unpaired) electrons. The Labute approximate surface area is 209 Å². The first kappa shape index (κ1) is 25.9. The maximum absolute atomic E-state index is 13.0. The van der Waals surface area contributed by atoms with E-state index in [2.05, 4.69) is 53.0 Å². The maximum atomic E-state index is 13.0. The minimum absolute atomic E-state index is 0.0246. The molecule has 1 saturated heterocycles. The molecule has 1 aromatic heterocycles. The van der Waals surface area contributed by atoms with Crippen LogP contribution in [0.1, 0.15) is 30.2 Å². The van der Waals surface area contributed by atoms with Gasteiger partial charge in [-0.15, -0.1) is 11.3 Å². The summed E-state index contributed by atoms with van der Waals surface area (Å²) in [6.07, 6.45) is -1.47. The average Bonchev–Trinajstić information content (AvgIpc) is 3.39.